The van der Waals surface area contributed by atoms with Crippen LogP contribution in [0, 0.1) is 0 Å². The smallest absolute Gasteiger partial charge is 0.275 e. The summed E-state index contributed by atoms with van der Waals surface area (Å²) in [5.74, 6) is 0.542. The molecule has 0 heterocycles. The topological polar surface area (TPSA) is 59.9 Å². The second kappa shape index (κ2) is 12.8. The fourth-order valence-electron chi connectivity index (χ4n) is 3.31. The van der Waals surface area contributed by atoms with Crippen LogP contribution in [0.5, 0.6) is 11.5 Å². The molecule has 5 nitrogen and oxygen atoms in total. The van der Waals surface area contributed by atoms with Crippen LogP contribution >= 0.6 is 46.4 Å². The Kier molecular flexibility index (Phi) is 9.31. The van der Waals surface area contributed by atoms with Crippen LogP contribution in [0.1, 0.15) is 27.0 Å². The van der Waals surface area contributed by atoms with E-state index in [0.717, 1.165) is 11.1 Å². The van der Waals surface area contributed by atoms with Crippen LogP contribution in [0.2, 0.25) is 20.1 Å². The lowest BCUT2D eigenvalue weighted by Gasteiger charge is -2.12. The molecule has 0 aliphatic heterocycles. The van der Waals surface area contributed by atoms with Crippen LogP contribution in [0.3, 0.4) is 0 Å². The number of benzene rings is 4. The Morgan fingerprint density at radius 1 is 0.730 bits per heavy atom. The summed E-state index contributed by atoms with van der Waals surface area (Å²) in [7, 11) is 0. The molecule has 0 fully saturated rings. The summed E-state index contributed by atoms with van der Waals surface area (Å²) in [4.78, 5) is 12.8. The maximum atomic E-state index is 12.8. The normalized spacial score (nSPS) is 10.9. The summed E-state index contributed by atoms with van der Waals surface area (Å²) in [5, 5.41) is 6.20. The third-order valence-electron chi connectivity index (χ3n) is 5.22. The fourth-order valence-corrected chi connectivity index (χ4v) is 4.23. The summed E-state index contributed by atoms with van der Waals surface area (Å²) >= 11 is 24.4. The number of halogens is 4. The molecule has 0 aromatic heterocycles. The van der Waals surface area contributed by atoms with Crippen molar-refractivity contribution in [3.8, 4) is 11.5 Å². The first-order valence-corrected chi connectivity index (χ1v) is 12.6. The predicted octanol–water partition coefficient (Wildman–Crippen LogP) is 8.22. The van der Waals surface area contributed by atoms with Crippen LogP contribution < -0.4 is 14.9 Å². The van der Waals surface area contributed by atoms with E-state index in [-0.39, 0.29) is 13.2 Å². The zero-order valence-corrected chi connectivity index (χ0v) is 22.3. The van der Waals surface area contributed by atoms with Crippen molar-refractivity contribution in [3.05, 3.63) is 127 Å². The van der Waals surface area contributed by atoms with Gasteiger partial charge in [0.15, 0.2) is 0 Å². The summed E-state index contributed by atoms with van der Waals surface area (Å²) in [6.45, 7) is 0.418. The van der Waals surface area contributed by atoms with E-state index in [1.807, 2.05) is 24.3 Å². The third kappa shape index (κ3) is 7.40. The molecule has 9 heteroatoms. The number of hydrazone groups is 1. The number of nitrogens with zero attached hydrogens (tertiary/aromatic N) is 1. The zero-order valence-electron chi connectivity index (χ0n) is 19.3. The lowest BCUT2D eigenvalue weighted by molar-refractivity contribution is 0.0950. The first-order valence-electron chi connectivity index (χ1n) is 11.1. The molecule has 37 heavy (non-hydrogen) atoms. The average molecular weight is 574 g/mol. The van der Waals surface area contributed by atoms with Crippen LogP contribution in [0.4, 0.5) is 0 Å². The number of hydrogen-bond donors (Lipinski definition) is 1. The predicted molar refractivity (Wildman–Crippen MR) is 150 cm³/mol. The highest BCUT2D eigenvalue weighted by Gasteiger charge is 2.13. The van der Waals surface area contributed by atoms with E-state index in [4.69, 9.17) is 55.9 Å². The summed E-state index contributed by atoms with van der Waals surface area (Å²) in [5.41, 5.74) is 5.08. The number of rotatable bonds is 9. The Balaban J connectivity index is 1.40. The van der Waals surface area contributed by atoms with Crippen molar-refractivity contribution in [2.45, 2.75) is 13.2 Å². The minimum absolute atomic E-state index is 0.173. The highest BCUT2D eigenvalue weighted by Crippen LogP contribution is 2.25. The maximum Gasteiger partial charge on any atom is 0.275 e. The molecule has 0 radical (unpaired) electrons. The van der Waals surface area contributed by atoms with Gasteiger partial charge in [0.1, 0.15) is 24.7 Å². The van der Waals surface area contributed by atoms with Crippen LogP contribution in [0.15, 0.2) is 90.0 Å². The van der Waals surface area contributed by atoms with Gasteiger partial charge in [0.2, 0.25) is 0 Å². The largest absolute Gasteiger partial charge is 0.488 e. The summed E-state index contributed by atoms with van der Waals surface area (Å²) < 4.78 is 11.8. The van der Waals surface area contributed by atoms with E-state index < -0.39 is 5.91 Å². The molecule has 0 aliphatic rings. The molecule has 0 spiro atoms. The lowest BCUT2D eigenvalue weighted by atomic mass is 10.2. The van der Waals surface area contributed by atoms with E-state index in [1.54, 1.807) is 60.7 Å². The van der Waals surface area contributed by atoms with Gasteiger partial charge in [-0.1, -0.05) is 82.8 Å². The molecule has 0 atom stereocenters. The Labute approximate surface area is 234 Å². The number of ether oxygens (including phenoxy) is 2. The molecule has 188 valence electrons. The van der Waals surface area contributed by atoms with Crippen LogP contribution in [-0.4, -0.2) is 12.1 Å². The Morgan fingerprint density at radius 3 is 1.89 bits per heavy atom. The van der Waals surface area contributed by atoms with E-state index >= 15 is 0 Å². The number of hydrogen-bond acceptors (Lipinski definition) is 4. The van der Waals surface area contributed by atoms with E-state index in [9.17, 15) is 4.79 Å². The van der Waals surface area contributed by atoms with E-state index in [0.29, 0.717) is 42.7 Å². The average Bonchev–Trinajstić information content (AvgIpc) is 2.88. The highest BCUT2D eigenvalue weighted by molar-refractivity contribution is 6.35. The first-order chi connectivity index (χ1) is 17.9. The van der Waals surface area contributed by atoms with Gasteiger partial charge in [-0.25, -0.2) is 5.43 Å². The van der Waals surface area contributed by atoms with Crippen molar-refractivity contribution in [1.29, 1.82) is 0 Å². The first kappa shape index (κ1) is 26.8. The lowest BCUT2D eigenvalue weighted by Crippen LogP contribution is -2.18. The number of carbonyl (C=O) groups excluding carboxylic acids is 1. The van der Waals surface area contributed by atoms with Crippen molar-refractivity contribution in [3.63, 3.8) is 0 Å². The van der Waals surface area contributed by atoms with Gasteiger partial charge in [-0.15, -0.1) is 0 Å². The molecular weight excluding hydrogens is 554 g/mol. The molecule has 0 aliphatic carbocycles. The molecule has 0 unspecified atom stereocenters. The van der Waals surface area contributed by atoms with Gasteiger partial charge >= 0.3 is 0 Å². The minimum atomic E-state index is -0.430. The van der Waals surface area contributed by atoms with Crippen molar-refractivity contribution >= 4 is 58.5 Å². The Morgan fingerprint density at radius 2 is 1.27 bits per heavy atom. The van der Waals surface area contributed by atoms with Gasteiger partial charge in [0.25, 0.3) is 5.91 Å². The van der Waals surface area contributed by atoms with Crippen molar-refractivity contribution < 1.29 is 14.3 Å². The SMILES string of the molecule is O=C(N/N=C\c1ccccc1OCc1ccc(Cl)cc1Cl)c1ccccc1OCc1ccc(Cl)cc1Cl. The molecule has 0 saturated carbocycles. The molecule has 0 bridgehead atoms. The highest BCUT2D eigenvalue weighted by atomic mass is 35.5. The van der Waals surface area contributed by atoms with Gasteiger partial charge in [0, 0.05) is 36.8 Å². The number of nitrogens with one attached hydrogen (secondary N) is 1. The second-order valence-electron chi connectivity index (χ2n) is 7.78. The Bertz CT molecular complexity index is 1440. The van der Waals surface area contributed by atoms with Crippen LogP contribution in [-0.2, 0) is 13.2 Å². The number of carbonyl (C=O) groups is 1. The third-order valence-corrected chi connectivity index (χ3v) is 6.39. The van der Waals surface area contributed by atoms with Gasteiger partial charge in [-0.3, -0.25) is 4.79 Å². The molecule has 4 aromatic rings. The maximum absolute atomic E-state index is 12.8. The van der Waals surface area contributed by atoms with Crippen LogP contribution in [0.25, 0.3) is 0 Å². The molecule has 4 aromatic carbocycles. The van der Waals surface area contributed by atoms with Gasteiger partial charge in [-0.05, 0) is 48.5 Å². The molecule has 1 amide bonds. The van der Waals surface area contributed by atoms with Gasteiger partial charge in [0.05, 0.1) is 11.8 Å². The van der Waals surface area contributed by atoms with Crippen molar-refractivity contribution in [1.82, 2.24) is 5.43 Å². The van der Waals surface area contributed by atoms with E-state index in [2.05, 4.69) is 10.5 Å². The van der Waals surface area contributed by atoms with Crippen molar-refractivity contribution in [2.24, 2.45) is 5.10 Å². The Hall–Kier alpha value is -3.22. The van der Waals surface area contributed by atoms with E-state index in [1.165, 1.54) is 6.21 Å². The van der Waals surface area contributed by atoms with Crippen molar-refractivity contribution in [2.75, 3.05) is 0 Å². The van der Waals surface area contributed by atoms with Gasteiger partial charge in [-0.2, -0.15) is 5.10 Å². The van der Waals surface area contributed by atoms with Gasteiger partial charge < -0.3 is 9.47 Å². The standard InChI is InChI=1S/C28H20Cl4N2O3/c29-21-11-9-19(24(31)13-21)16-36-26-7-3-1-5-18(26)15-33-34-28(35)23-6-2-4-8-27(23)37-17-20-10-12-22(30)14-25(20)32/h1-15H,16-17H2,(H,34,35)/b33-15-. The molecule has 1 N–H and O–H groups in total. The number of para-hydroxylation sites is 2. The zero-order chi connectivity index (χ0) is 26.2. The molecular formula is C28H20Cl4N2O3. The summed E-state index contributed by atoms with van der Waals surface area (Å²) in [6.07, 6.45) is 1.51. The monoisotopic (exact) mass is 572 g/mol. The second-order valence-corrected chi connectivity index (χ2v) is 9.47. The number of amides is 1. The summed E-state index contributed by atoms with van der Waals surface area (Å²) in [6, 6.07) is 24.5. The minimum Gasteiger partial charge on any atom is -0.488 e. The quantitative estimate of drug-likeness (QED) is 0.162. The molecule has 0 saturated heterocycles. The molecule has 4 rings (SSSR count). The fraction of sp³-hybridized carbons (Fsp3) is 0.0714.